The first-order valence-electron chi connectivity index (χ1n) is 11.8. The van der Waals surface area contributed by atoms with Crippen LogP contribution in [0.15, 0.2) is 71.4 Å². The van der Waals surface area contributed by atoms with Crippen molar-refractivity contribution < 1.29 is 4.79 Å². The number of thiophene rings is 1. The second kappa shape index (κ2) is 9.60. The Bertz CT molecular complexity index is 1010. The van der Waals surface area contributed by atoms with Crippen molar-refractivity contribution in [3.8, 4) is 0 Å². The smallest absolute Gasteiger partial charge is 0.253 e. The largest absolute Gasteiger partial charge is 0.338 e. The maximum atomic E-state index is 13.2. The van der Waals surface area contributed by atoms with Crippen LogP contribution in [0.5, 0.6) is 0 Å². The average Bonchev–Trinajstić information content (AvgIpc) is 3.50. The zero-order valence-corrected chi connectivity index (χ0v) is 19.6. The predicted molar refractivity (Wildman–Crippen MR) is 132 cm³/mol. The Morgan fingerprint density at radius 3 is 2.38 bits per heavy atom. The van der Waals surface area contributed by atoms with Crippen LogP contribution in [0.25, 0.3) is 0 Å². The highest BCUT2D eigenvalue weighted by Crippen LogP contribution is 2.36. The summed E-state index contributed by atoms with van der Waals surface area (Å²) < 4.78 is 0. The third-order valence-electron chi connectivity index (χ3n) is 7.35. The van der Waals surface area contributed by atoms with E-state index in [9.17, 15) is 4.79 Å². The van der Waals surface area contributed by atoms with Gasteiger partial charge in [-0.1, -0.05) is 48.0 Å². The Balaban J connectivity index is 1.25. The summed E-state index contributed by atoms with van der Waals surface area (Å²) in [7, 11) is 0. The summed E-state index contributed by atoms with van der Waals surface area (Å²) >= 11 is 1.76. The van der Waals surface area contributed by atoms with Gasteiger partial charge in [-0.25, -0.2) is 0 Å². The van der Waals surface area contributed by atoms with Crippen LogP contribution in [-0.2, 0) is 0 Å². The molecule has 0 radical (unpaired) electrons. The standard InChI is InChI=1S/C28H32N2OS/c1-21-7-9-24(10-8-21)28(31)30-18-26(27(19-30)25-13-16-32-20-25)17-29-14-11-23(12-15-29)22-5-3-2-4-6-22/h2-10,13,16,20,23,26-27H,11-12,14-15,17-19H2,1H3. The van der Waals surface area contributed by atoms with Crippen molar-refractivity contribution in [2.45, 2.75) is 31.6 Å². The van der Waals surface area contributed by atoms with Crippen LogP contribution in [0.1, 0.15) is 51.7 Å². The molecule has 3 aromatic rings. The van der Waals surface area contributed by atoms with Gasteiger partial charge in [-0.05, 0) is 84.8 Å². The monoisotopic (exact) mass is 444 g/mol. The van der Waals surface area contributed by atoms with Gasteiger partial charge < -0.3 is 9.80 Å². The molecular weight excluding hydrogens is 412 g/mol. The average molecular weight is 445 g/mol. The second-order valence-electron chi connectivity index (χ2n) is 9.48. The van der Waals surface area contributed by atoms with Gasteiger partial charge in [0.2, 0.25) is 0 Å². The molecule has 32 heavy (non-hydrogen) atoms. The molecule has 2 aromatic carbocycles. The van der Waals surface area contributed by atoms with Gasteiger partial charge >= 0.3 is 0 Å². The van der Waals surface area contributed by atoms with Crippen LogP contribution < -0.4 is 0 Å². The molecule has 3 heterocycles. The Kier molecular flexibility index (Phi) is 6.42. The molecule has 4 heteroatoms. The van der Waals surface area contributed by atoms with E-state index in [-0.39, 0.29) is 5.91 Å². The van der Waals surface area contributed by atoms with Crippen LogP contribution in [-0.4, -0.2) is 48.4 Å². The fourth-order valence-electron chi connectivity index (χ4n) is 5.47. The van der Waals surface area contributed by atoms with Gasteiger partial charge in [0.05, 0.1) is 0 Å². The molecule has 3 nitrogen and oxygen atoms in total. The summed E-state index contributed by atoms with van der Waals surface area (Å²) in [6, 6.07) is 21.2. The Morgan fingerprint density at radius 1 is 0.938 bits per heavy atom. The van der Waals surface area contributed by atoms with Gasteiger partial charge in [-0.2, -0.15) is 11.3 Å². The zero-order chi connectivity index (χ0) is 21.9. The molecule has 1 amide bonds. The topological polar surface area (TPSA) is 23.6 Å². The lowest BCUT2D eigenvalue weighted by atomic mass is 9.87. The minimum Gasteiger partial charge on any atom is -0.338 e. The Morgan fingerprint density at radius 2 is 1.69 bits per heavy atom. The SMILES string of the molecule is Cc1ccc(C(=O)N2CC(CN3CCC(c4ccccc4)CC3)C(c3ccsc3)C2)cc1. The third kappa shape index (κ3) is 4.67. The number of aryl methyl sites for hydroxylation is 1. The first kappa shape index (κ1) is 21.4. The normalized spacial score (nSPS) is 22.3. The Labute approximate surface area is 195 Å². The number of piperidine rings is 1. The molecule has 2 aliphatic rings. The molecule has 2 atom stereocenters. The van der Waals surface area contributed by atoms with Crippen LogP contribution in [0, 0.1) is 12.8 Å². The highest BCUT2D eigenvalue weighted by molar-refractivity contribution is 7.08. The van der Waals surface area contributed by atoms with E-state index in [4.69, 9.17) is 0 Å². The van der Waals surface area contributed by atoms with E-state index in [0.29, 0.717) is 17.8 Å². The second-order valence-corrected chi connectivity index (χ2v) is 10.3. The molecule has 0 N–H and O–H groups in total. The fraction of sp³-hybridized carbons (Fsp3) is 0.393. The van der Waals surface area contributed by atoms with Gasteiger partial charge in [0.1, 0.15) is 0 Å². The van der Waals surface area contributed by atoms with Gasteiger partial charge in [-0.3, -0.25) is 4.79 Å². The van der Waals surface area contributed by atoms with Gasteiger partial charge in [-0.15, -0.1) is 0 Å². The summed E-state index contributed by atoms with van der Waals surface area (Å²) in [5, 5.41) is 4.45. The van der Waals surface area contributed by atoms with Crippen molar-refractivity contribution in [1.29, 1.82) is 0 Å². The first-order valence-corrected chi connectivity index (χ1v) is 12.8. The number of carbonyl (C=O) groups is 1. The third-order valence-corrected chi connectivity index (χ3v) is 8.05. The summed E-state index contributed by atoms with van der Waals surface area (Å²) in [4.78, 5) is 18.0. The quantitative estimate of drug-likeness (QED) is 0.497. The van der Waals surface area contributed by atoms with Gasteiger partial charge in [0, 0.05) is 31.1 Å². The van der Waals surface area contributed by atoms with E-state index in [1.165, 1.54) is 29.5 Å². The molecule has 166 valence electrons. The lowest BCUT2D eigenvalue weighted by Crippen LogP contribution is -2.38. The molecule has 2 unspecified atom stereocenters. The number of amides is 1. The lowest BCUT2D eigenvalue weighted by Gasteiger charge is -2.34. The van der Waals surface area contributed by atoms with E-state index >= 15 is 0 Å². The van der Waals surface area contributed by atoms with Gasteiger partial charge in [0.15, 0.2) is 0 Å². The van der Waals surface area contributed by atoms with Crippen LogP contribution >= 0.6 is 11.3 Å². The highest BCUT2D eigenvalue weighted by Gasteiger charge is 2.38. The number of benzene rings is 2. The first-order chi connectivity index (χ1) is 15.7. The number of hydrogen-bond acceptors (Lipinski definition) is 3. The van der Waals surface area contributed by atoms with Crippen LogP contribution in [0.2, 0.25) is 0 Å². The minimum atomic E-state index is 0.176. The minimum absolute atomic E-state index is 0.176. The molecule has 5 rings (SSSR count). The van der Waals surface area contributed by atoms with E-state index in [1.54, 1.807) is 11.3 Å². The molecule has 0 saturated carbocycles. The summed E-state index contributed by atoms with van der Waals surface area (Å²) in [6.45, 7) is 7.13. The summed E-state index contributed by atoms with van der Waals surface area (Å²) in [5.41, 5.74) is 4.89. The zero-order valence-electron chi connectivity index (χ0n) is 18.8. The Hall–Kier alpha value is -2.43. The number of hydrogen-bond donors (Lipinski definition) is 0. The molecule has 2 saturated heterocycles. The highest BCUT2D eigenvalue weighted by atomic mass is 32.1. The maximum Gasteiger partial charge on any atom is 0.253 e. The number of nitrogens with zero attached hydrogens (tertiary/aromatic N) is 2. The molecule has 2 aliphatic heterocycles. The molecular formula is C28H32N2OS. The van der Waals surface area contributed by atoms with E-state index in [2.05, 4.69) is 63.9 Å². The summed E-state index contributed by atoms with van der Waals surface area (Å²) in [5.74, 6) is 1.79. The van der Waals surface area contributed by atoms with Crippen molar-refractivity contribution in [3.05, 3.63) is 93.7 Å². The molecule has 0 bridgehead atoms. The fourth-order valence-corrected chi connectivity index (χ4v) is 6.19. The van der Waals surface area contributed by atoms with Gasteiger partial charge in [0.25, 0.3) is 5.91 Å². The van der Waals surface area contributed by atoms with Crippen molar-refractivity contribution in [1.82, 2.24) is 9.80 Å². The maximum absolute atomic E-state index is 13.2. The number of carbonyl (C=O) groups excluding carboxylic acids is 1. The van der Waals surface area contributed by atoms with Crippen molar-refractivity contribution in [2.75, 3.05) is 32.7 Å². The number of rotatable bonds is 5. The molecule has 0 spiro atoms. The van der Waals surface area contributed by atoms with Crippen LogP contribution in [0.3, 0.4) is 0 Å². The lowest BCUT2D eigenvalue weighted by molar-refractivity contribution is 0.0781. The summed E-state index contributed by atoms with van der Waals surface area (Å²) in [6.07, 6.45) is 2.46. The van der Waals surface area contributed by atoms with E-state index in [0.717, 1.165) is 38.3 Å². The molecule has 0 aliphatic carbocycles. The van der Waals surface area contributed by atoms with E-state index < -0.39 is 0 Å². The van der Waals surface area contributed by atoms with Crippen molar-refractivity contribution in [2.24, 2.45) is 5.92 Å². The molecule has 1 aromatic heterocycles. The number of likely N-dealkylation sites (tertiary alicyclic amines) is 2. The van der Waals surface area contributed by atoms with Crippen molar-refractivity contribution >= 4 is 17.2 Å². The predicted octanol–water partition coefficient (Wildman–Crippen LogP) is 5.79. The molecule has 2 fully saturated rings. The van der Waals surface area contributed by atoms with Crippen LogP contribution in [0.4, 0.5) is 0 Å². The van der Waals surface area contributed by atoms with Crippen molar-refractivity contribution in [3.63, 3.8) is 0 Å². The van der Waals surface area contributed by atoms with E-state index in [1.807, 2.05) is 24.3 Å².